The second kappa shape index (κ2) is 5.43. The Balaban J connectivity index is 2.40. The summed E-state index contributed by atoms with van der Waals surface area (Å²) in [7, 11) is 0. The highest BCUT2D eigenvalue weighted by Gasteiger charge is 2.31. The number of nitrogen functional groups attached to an aromatic ring is 1. The Morgan fingerprint density at radius 3 is 2.81 bits per heavy atom. The molecule has 0 fully saturated rings. The largest absolute Gasteiger partial charge is 0.461 e. The molecule has 0 aliphatic carbocycles. The van der Waals surface area contributed by atoms with Crippen molar-refractivity contribution < 1.29 is 22.7 Å². The Morgan fingerprint density at radius 2 is 2.19 bits per heavy atom. The lowest BCUT2D eigenvalue weighted by atomic mass is 10.2. The second-order valence-electron chi connectivity index (χ2n) is 4.00. The van der Waals surface area contributed by atoms with Gasteiger partial charge in [0.1, 0.15) is 0 Å². The van der Waals surface area contributed by atoms with Crippen molar-refractivity contribution in [3.05, 3.63) is 35.8 Å². The van der Waals surface area contributed by atoms with Crippen molar-refractivity contribution in [1.82, 2.24) is 14.8 Å². The quantitative estimate of drug-likeness (QED) is 0.877. The molecular formula is C12H11F3N4O2. The van der Waals surface area contributed by atoms with Gasteiger partial charge in [0.15, 0.2) is 11.5 Å². The van der Waals surface area contributed by atoms with Crippen molar-refractivity contribution in [2.75, 3.05) is 12.3 Å². The van der Waals surface area contributed by atoms with E-state index in [4.69, 9.17) is 10.5 Å². The van der Waals surface area contributed by atoms with Crippen LogP contribution in [0.3, 0.4) is 0 Å². The topological polar surface area (TPSA) is 83.0 Å². The van der Waals surface area contributed by atoms with Crippen molar-refractivity contribution in [3.63, 3.8) is 0 Å². The van der Waals surface area contributed by atoms with Crippen LogP contribution in [0.15, 0.2) is 24.5 Å². The summed E-state index contributed by atoms with van der Waals surface area (Å²) >= 11 is 0. The first-order valence-electron chi connectivity index (χ1n) is 5.88. The summed E-state index contributed by atoms with van der Waals surface area (Å²) in [5.41, 5.74) is 4.55. The Bertz CT molecular complexity index is 667. The smallest absolute Gasteiger partial charge is 0.416 e. The van der Waals surface area contributed by atoms with Crippen molar-refractivity contribution >= 4 is 11.7 Å². The van der Waals surface area contributed by atoms with Crippen LogP contribution in [-0.4, -0.2) is 27.3 Å². The zero-order valence-electron chi connectivity index (χ0n) is 10.9. The minimum absolute atomic E-state index is 0.00679. The van der Waals surface area contributed by atoms with Gasteiger partial charge >= 0.3 is 12.1 Å². The summed E-state index contributed by atoms with van der Waals surface area (Å²) < 4.78 is 43.7. The standard InChI is InChI=1S/C12H11F3N4O2/c1-2-21-11(20)10-8(16)6-19(18-10)9-5-7(3-4-17-9)12(13,14)15/h3-6H,2,16H2,1H3. The molecule has 6 nitrogen and oxygen atoms in total. The molecule has 0 saturated carbocycles. The number of nitrogens with two attached hydrogens (primary N) is 1. The van der Waals surface area contributed by atoms with Gasteiger partial charge < -0.3 is 10.5 Å². The molecule has 2 N–H and O–H groups in total. The van der Waals surface area contributed by atoms with Crippen LogP contribution in [0.5, 0.6) is 0 Å². The molecule has 0 atom stereocenters. The number of hydrogen-bond donors (Lipinski definition) is 1. The number of halogens is 3. The monoisotopic (exact) mass is 300 g/mol. The number of carbonyl (C=O) groups excluding carboxylic acids is 1. The number of hydrogen-bond acceptors (Lipinski definition) is 5. The van der Waals surface area contributed by atoms with E-state index in [1.807, 2.05) is 0 Å². The summed E-state index contributed by atoms with van der Waals surface area (Å²) in [4.78, 5) is 15.3. The molecule has 21 heavy (non-hydrogen) atoms. The molecule has 2 aromatic heterocycles. The average molecular weight is 300 g/mol. The van der Waals surface area contributed by atoms with Gasteiger partial charge in [-0.3, -0.25) is 0 Å². The third-order valence-electron chi connectivity index (χ3n) is 2.52. The Labute approximate surface area is 117 Å². The average Bonchev–Trinajstić information content (AvgIpc) is 2.80. The molecule has 2 heterocycles. The molecule has 0 spiro atoms. The van der Waals surface area contributed by atoms with Crippen LogP contribution in [0.2, 0.25) is 0 Å². The Morgan fingerprint density at radius 1 is 1.48 bits per heavy atom. The molecule has 0 radical (unpaired) electrons. The molecular weight excluding hydrogens is 289 g/mol. The van der Waals surface area contributed by atoms with Gasteiger partial charge in [0.25, 0.3) is 0 Å². The summed E-state index contributed by atoms with van der Waals surface area (Å²) in [6.07, 6.45) is -2.30. The van der Waals surface area contributed by atoms with Gasteiger partial charge in [0, 0.05) is 6.20 Å². The van der Waals surface area contributed by atoms with Gasteiger partial charge in [-0.25, -0.2) is 14.5 Å². The Kier molecular flexibility index (Phi) is 3.83. The van der Waals surface area contributed by atoms with Gasteiger partial charge in [-0.05, 0) is 19.1 Å². The molecule has 0 aliphatic heterocycles. The lowest BCUT2D eigenvalue weighted by molar-refractivity contribution is -0.137. The molecule has 0 aliphatic rings. The SMILES string of the molecule is CCOC(=O)c1nn(-c2cc(C(F)(F)F)ccn2)cc1N. The lowest BCUT2D eigenvalue weighted by Gasteiger charge is -2.07. The van der Waals surface area contributed by atoms with E-state index < -0.39 is 17.7 Å². The van der Waals surface area contributed by atoms with E-state index in [1.54, 1.807) is 6.92 Å². The molecule has 2 rings (SSSR count). The highest BCUT2D eigenvalue weighted by atomic mass is 19.4. The number of aromatic nitrogens is 3. The minimum Gasteiger partial charge on any atom is -0.461 e. The summed E-state index contributed by atoms with van der Waals surface area (Å²) in [5, 5.41) is 3.81. The third-order valence-corrected chi connectivity index (χ3v) is 2.52. The maximum Gasteiger partial charge on any atom is 0.416 e. The van der Waals surface area contributed by atoms with Gasteiger partial charge in [0.05, 0.1) is 24.1 Å². The highest BCUT2D eigenvalue weighted by Crippen LogP contribution is 2.29. The second-order valence-corrected chi connectivity index (χ2v) is 4.00. The van der Waals surface area contributed by atoms with Gasteiger partial charge in [-0.1, -0.05) is 0 Å². The number of ether oxygens (including phenoxy) is 1. The van der Waals surface area contributed by atoms with Gasteiger partial charge in [-0.15, -0.1) is 0 Å². The predicted octanol–water partition coefficient (Wildman–Crippen LogP) is 2.04. The van der Waals surface area contributed by atoms with Crippen LogP contribution in [0, 0.1) is 0 Å². The van der Waals surface area contributed by atoms with E-state index in [0.717, 1.165) is 23.0 Å². The van der Waals surface area contributed by atoms with Crippen LogP contribution in [0.25, 0.3) is 5.82 Å². The third kappa shape index (κ3) is 3.12. The van der Waals surface area contributed by atoms with E-state index in [2.05, 4.69) is 10.1 Å². The number of rotatable bonds is 3. The maximum atomic E-state index is 12.6. The summed E-state index contributed by atoms with van der Waals surface area (Å²) in [6, 6.07) is 1.64. The number of nitrogens with zero attached hydrogens (tertiary/aromatic N) is 3. The molecule has 0 saturated heterocycles. The first-order valence-corrected chi connectivity index (χ1v) is 5.88. The maximum absolute atomic E-state index is 12.6. The number of alkyl halides is 3. The van der Waals surface area contributed by atoms with Crippen LogP contribution < -0.4 is 5.73 Å². The first kappa shape index (κ1) is 14.8. The summed E-state index contributed by atoms with van der Waals surface area (Å²) in [5.74, 6) is -0.854. The van der Waals surface area contributed by atoms with Crippen LogP contribution in [0.4, 0.5) is 18.9 Å². The van der Waals surface area contributed by atoms with Crippen LogP contribution in [0.1, 0.15) is 23.0 Å². The van der Waals surface area contributed by atoms with E-state index in [0.29, 0.717) is 0 Å². The molecule has 0 aromatic carbocycles. The molecule has 0 bridgehead atoms. The molecule has 0 amide bonds. The van der Waals surface area contributed by atoms with Crippen molar-refractivity contribution in [1.29, 1.82) is 0 Å². The number of pyridine rings is 1. The van der Waals surface area contributed by atoms with E-state index in [9.17, 15) is 18.0 Å². The molecule has 112 valence electrons. The van der Waals surface area contributed by atoms with E-state index >= 15 is 0 Å². The van der Waals surface area contributed by atoms with Crippen molar-refractivity contribution in [2.24, 2.45) is 0 Å². The minimum atomic E-state index is -4.50. The van der Waals surface area contributed by atoms with Crippen LogP contribution >= 0.6 is 0 Å². The van der Waals surface area contributed by atoms with Crippen molar-refractivity contribution in [2.45, 2.75) is 13.1 Å². The van der Waals surface area contributed by atoms with E-state index in [1.165, 1.54) is 6.20 Å². The van der Waals surface area contributed by atoms with Gasteiger partial charge in [0.2, 0.25) is 0 Å². The normalized spacial score (nSPS) is 11.4. The number of carbonyl (C=O) groups is 1. The molecule has 2 aromatic rings. The highest BCUT2D eigenvalue weighted by molar-refractivity contribution is 5.92. The van der Waals surface area contributed by atoms with Gasteiger partial charge in [-0.2, -0.15) is 18.3 Å². The fourth-order valence-corrected chi connectivity index (χ4v) is 1.58. The summed E-state index contributed by atoms with van der Waals surface area (Å²) in [6.45, 7) is 1.74. The lowest BCUT2D eigenvalue weighted by Crippen LogP contribution is -2.10. The first-order chi connectivity index (χ1) is 9.82. The number of esters is 1. The zero-order valence-corrected chi connectivity index (χ0v) is 10.9. The predicted molar refractivity (Wildman–Crippen MR) is 66.7 cm³/mol. The van der Waals surface area contributed by atoms with Crippen LogP contribution in [-0.2, 0) is 10.9 Å². The fourth-order valence-electron chi connectivity index (χ4n) is 1.58. The fraction of sp³-hybridized carbons (Fsp3) is 0.250. The zero-order chi connectivity index (χ0) is 15.6. The van der Waals surface area contributed by atoms with E-state index in [-0.39, 0.29) is 23.8 Å². The molecule has 9 heteroatoms. The van der Waals surface area contributed by atoms with Crippen molar-refractivity contribution in [3.8, 4) is 5.82 Å². The number of anilines is 1. The molecule has 0 unspecified atom stereocenters. The Hall–Kier alpha value is -2.58.